The lowest BCUT2D eigenvalue weighted by atomic mass is 10.1. The lowest BCUT2D eigenvalue weighted by Crippen LogP contribution is -2.26. The lowest BCUT2D eigenvalue weighted by molar-refractivity contribution is 0.107. The Labute approximate surface area is 104 Å². The summed E-state index contributed by atoms with van der Waals surface area (Å²) in [6.45, 7) is 5.31. The predicted molar refractivity (Wildman–Crippen MR) is 71.2 cm³/mol. The van der Waals surface area contributed by atoms with Crippen LogP contribution in [0, 0.1) is 13.8 Å². The minimum atomic E-state index is 0.464. The molecule has 2 heteroatoms. The fourth-order valence-electron chi connectivity index (χ4n) is 2.64. The minimum absolute atomic E-state index is 0.464. The summed E-state index contributed by atoms with van der Waals surface area (Å²) in [6.07, 6.45) is 4.05. The van der Waals surface area contributed by atoms with Crippen LogP contribution in [0.3, 0.4) is 0 Å². The minimum Gasteiger partial charge on any atom is -0.381 e. The molecule has 1 saturated carbocycles. The highest BCUT2D eigenvalue weighted by Crippen LogP contribution is 2.22. The Bertz CT molecular complexity index is 375. The van der Waals surface area contributed by atoms with Gasteiger partial charge in [0.25, 0.3) is 0 Å². The van der Waals surface area contributed by atoms with Crippen LogP contribution in [0.15, 0.2) is 18.2 Å². The zero-order chi connectivity index (χ0) is 12.3. The number of benzene rings is 1. The fourth-order valence-corrected chi connectivity index (χ4v) is 2.64. The first kappa shape index (κ1) is 12.6. The second-order valence-corrected chi connectivity index (χ2v) is 5.18. The van der Waals surface area contributed by atoms with Gasteiger partial charge in [-0.15, -0.1) is 0 Å². The standard InChI is InChI=1S/C15H23NO/c1-11-4-5-13(12(2)8-11)10-16-14-6-7-15(9-14)17-3/h4-5,8,14-16H,6-7,9-10H2,1-3H3. The van der Waals surface area contributed by atoms with Crippen molar-refractivity contribution in [3.8, 4) is 0 Å². The molecule has 0 bridgehead atoms. The van der Waals surface area contributed by atoms with Crippen LogP contribution in [0.1, 0.15) is 36.0 Å². The highest BCUT2D eigenvalue weighted by molar-refractivity contribution is 5.30. The zero-order valence-corrected chi connectivity index (χ0v) is 11.1. The van der Waals surface area contributed by atoms with Crippen molar-refractivity contribution >= 4 is 0 Å². The van der Waals surface area contributed by atoms with Gasteiger partial charge in [0, 0.05) is 19.7 Å². The van der Waals surface area contributed by atoms with Gasteiger partial charge in [-0.3, -0.25) is 0 Å². The average Bonchev–Trinajstić information content (AvgIpc) is 2.76. The van der Waals surface area contributed by atoms with E-state index in [-0.39, 0.29) is 0 Å². The Morgan fingerprint density at radius 3 is 2.76 bits per heavy atom. The Morgan fingerprint density at radius 2 is 2.12 bits per heavy atom. The summed E-state index contributed by atoms with van der Waals surface area (Å²) >= 11 is 0. The average molecular weight is 233 g/mol. The fraction of sp³-hybridized carbons (Fsp3) is 0.600. The lowest BCUT2D eigenvalue weighted by Gasteiger charge is -2.14. The predicted octanol–water partition coefficient (Wildman–Crippen LogP) is 2.96. The molecule has 0 aliphatic heterocycles. The van der Waals surface area contributed by atoms with Crippen molar-refractivity contribution in [2.24, 2.45) is 0 Å². The van der Waals surface area contributed by atoms with E-state index in [1.54, 1.807) is 0 Å². The van der Waals surface area contributed by atoms with E-state index in [1.807, 2.05) is 7.11 Å². The molecular weight excluding hydrogens is 210 g/mol. The second-order valence-electron chi connectivity index (χ2n) is 5.18. The van der Waals surface area contributed by atoms with Gasteiger partial charge in [0.05, 0.1) is 6.10 Å². The van der Waals surface area contributed by atoms with Crippen molar-refractivity contribution in [2.75, 3.05) is 7.11 Å². The molecule has 2 nitrogen and oxygen atoms in total. The molecule has 1 aliphatic carbocycles. The highest BCUT2D eigenvalue weighted by atomic mass is 16.5. The molecule has 1 aromatic rings. The third kappa shape index (κ3) is 3.30. The van der Waals surface area contributed by atoms with Crippen LogP contribution in [-0.4, -0.2) is 19.3 Å². The van der Waals surface area contributed by atoms with E-state index in [2.05, 4.69) is 37.4 Å². The summed E-state index contributed by atoms with van der Waals surface area (Å²) in [4.78, 5) is 0. The molecule has 0 aromatic heterocycles. The van der Waals surface area contributed by atoms with Gasteiger partial charge in [-0.05, 0) is 44.2 Å². The van der Waals surface area contributed by atoms with E-state index >= 15 is 0 Å². The van der Waals surface area contributed by atoms with Gasteiger partial charge in [0.1, 0.15) is 0 Å². The maximum Gasteiger partial charge on any atom is 0.0586 e. The molecular formula is C15H23NO. The third-order valence-corrected chi connectivity index (χ3v) is 3.80. The normalized spacial score (nSPS) is 24.2. The van der Waals surface area contributed by atoms with E-state index in [9.17, 15) is 0 Å². The van der Waals surface area contributed by atoms with Crippen LogP contribution in [0.25, 0.3) is 0 Å². The SMILES string of the molecule is COC1CCC(NCc2ccc(C)cc2C)C1. The van der Waals surface area contributed by atoms with E-state index < -0.39 is 0 Å². The number of nitrogens with one attached hydrogen (secondary N) is 1. The van der Waals surface area contributed by atoms with E-state index in [1.165, 1.54) is 29.5 Å². The molecule has 17 heavy (non-hydrogen) atoms. The molecule has 1 N–H and O–H groups in total. The first-order chi connectivity index (χ1) is 8.19. The van der Waals surface area contributed by atoms with Crippen LogP contribution in [0.2, 0.25) is 0 Å². The summed E-state index contributed by atoms with van der Waals surface area (Å²) in [5.74, 6) is 0. The van der Waals surface area contributed by atoms with Crippen LogP contribution in [0.5, 0.6) is 0 Å². The highest BCUT2D eigenvalue weighted by Gasteiger charge is 2.23. The van der Waals surface area contributed by atoms with Gasteiger partial charge in [-0.2, -0.15) is 0 Å². The first-order valence-corrected chi connectivity index (χ1v) is 6.51. The molecule has 2 unspecified atom stereocenters. The molecule has 0 saturated heterocycles. The molecule has 1 fully saturated rings. The summed E-state index contributed by atoms with van der Waals surface area (Å²) in [5.41, 5.74) is 4.14. The van der Waals surface area contributed by atoms with Gasteiger partial charge in [0.15, 0.2) is 0 Å². The van der Waals surface area contributed by atoms with Crippen LogP contribution in [0.4, 0.5) is 0 Å². The van der Waals surface area contributed by atoms with E-state index in [4.69, 9.17) is 4.74 Å². The summed E-state index contributed by atoms with van der Waals surface area (Å²) in [6, 6.07) is 7.31. The van der Waals surface area contributed by atoms with Gasteiger partial charge < -0.3 is 10.1 Å². The number of hydrogen-bond donors (Lipinski definition) is 1. The summed E-state index contributed by atoms with van der Waals surface area (Å²) in [7, 11) is 1.82. The van der Waals surface area contributed by atoms with Gasteiger partial charge in [-0.1, -0.05) is 23.8 Å². The van der Waals surface area contributed by atoms with Crippen molar-refractivity contribution in [2.45, 2.75) is 51.8 Å². The van der Waals surface area contributed by atoms with Crippen LogP contribution in [-0.2, 0) is 11.3 Å². The molecule has 0 heterocycles. The Kier molecular flexibility index (Phi) is 4.19. The smallest absolute Gasteiger partial charge is 0.0586 e. The van der Waals surface area contributed by atoms with Crippen LogP contribution < -0.4 is 5.32 Å². The quantitative estimate of drug-likeness (QED) is 0.863. The molecule has 0 amide bonds. The topological polar surface area (TPSA) is 21.3 Å². The van der Waals surface area contributed by atoms with Gasteiger partial charge >= 0.3 is 0 Å². The summed E-state index contributed by atoms with van der Waals surface area (Å²) < 4.78 is 5.39. The molecule has 1 aromatic carbocycles. The Hall–Kier alpha value is -0.860. The monoisotopic (exact) mass is 233 g/mol. The Morgan fingerprint density at radius 1 is 1.29 bits per heavy atom. The Balaban J connectivity index is 1.86. The maximum atomic E-state index is 5.39. The number of hydrogen-bond acceptors (Lipinski definition) is 2. The number of rotatable bonds is 4. The van der Waals surface area contributed by atoms with Crippen molar-refractivity contribution in [1.82, 2.24) is 5.32 Å². The summed E-state index contributed by atoms with van der Waals surface area (Å²) in [5, 5.41) is 3.64. The molecule has 2 atom stereocenters. The van der Waals surface area contributed by atoms with Crippen molar-refractivity contribution in [3.05, 3.63) is 34.9 Å². The molecule has 94 valence electrons. The molecule has 0 spiro atoms. The first-order valence-electron chi connectivity index (χ1n) is 6.51. The zero-order valence-electron chi connectivity index (χ0n) is 11.1. The van der Waals surface area contributed by atoms with E-state index in [0.29, 0.717) is 12.1 Å². The second kappa shape index (κ2) is 5.65. The maximum absolute atomic E-state index is 5.39. The molecule has 2 rings (SSSR count). The third-order valence-electron chi connectivity index (χ3n) is 3.80. The van der Waals surface area contributed by atoms with Gasteiger partial charge in [0.2, 0.25) is 0 Å². The van der Waals surface area contributed by atoms with Gasteiger partial charge in [-0.25, -0.2) is 0 Å². The number of aryl methyl sites for hydroxylation is 2. The largest absolute Gasteiger partial charge is 0.381 e. The molecule has 0 radical (unpaired) electrons. The number of ether oxygens (including phenoxy) is 1. The number of methoxy groups -OCH3 is 1. The van der Waals surface area contributed by atoms with Crippen molar-refractivity contribution in [3.63, 3.8) is 0 Å². The van der Waals surface area contributed by atoms with Crippen molar-refractivity contribution in [1.29, 1.82) is 0 Å². The van der Waals surface area contributed by atoms with Crippen molar-refractivity contribution < 1.29 is 4.74 Å². The van der Waals surface area contributed by atoms with E-state index in [0.717, 1.165) is 13.0 Å². The molecule has 1 aliphatic rings. The van der Waals surface area contributed by atoms with Crippen LogP contribution >= 0.6 is 0 Å².